The number of furan rings is 1. The number of nitrogens with zero attached hydrogens (tertiary/aromatic N) is 3. The quantitative estimate of drug-likeness (QED) is 0.798. The number of hydrogen-bond donors (Lipinski definition) is 2. The van der Waals surface area contributed by atoms with Crippen molar-refractivity contribution < 1.29 is 14.0 Å². The molecule has 0 spiro atoms. The molecule has 1 saturated carbocycles. The Hall–Kier alpha value is -3.10. The van der Waals surface area contributed by atoms with Crippen LogP contribution in [0.4, 0.5) is 5.69 Å². The fourth-order valence-corrected chi connectivity index (χ4v) is 4.37. The number of piperazine rings is 1. The van der Waals surface area contributed by atoms with Gasteiger partial charge < -0.3 is 20.4 Å². The Morgan fingerprint density at radius 1 is 1.34 bits per heavy atom. The average Bonchev–Trinajstić information content (AvgIpc) is 3.20. The molecule has 0 radical (unpaired) electrons. The molecule has 1 aliphatic carbocycles. The maximum absolute atomic E-state index is 13.3. The summed E-state index contributed by atoms with van der Waals surface area (Å²) in [4.78, 5) is 40.1. The fourth-order valence-electron chi connectivity index (χ4n) is 4.37. The van der Waals surface area contributed by atoms with E-state index in [2.05, 4.69) is 10.4 Å². The Balaban J connectivity index is 1.67. The van der Waals surface area contributed by atoms with Crippen LogP contribution < -0.4 is 16.6 Å². The van der Waals surface area contributed by atoms with Crippen molar-refractivity contribution in [2.45, 2.75) is 63.7 Å². The minimum Gasteiger partial charge on any atom is -0.463 e. The number of anilines is 1. The summed E-state index contributed by atoms with van der Waals surface area (Å²) in [6.07, 6.45) is 5.17. The summed E-state index contributed by atoms with van der Waals surface area (Å²) in [5.41, 5.74) is 4.64. The molecule has 1 aliphatic heterocycles. The van der Waals surface area contributed by atoms with Gasteiger partial charge in [0.2, 0.25) is 11.8 Å². The molecule has 2 amide bonds. The average molecular weight is 399 g/mol. The van der Waals surface area contributed by atoms with Gasteiger partial charge in [-0.1, -0.05) is 12.8 Å². The van der Waals surface area contributed by atoms with Gasteiger partial charge in [-0.3, -0.25) is 14.4 Å². The highest BCUT2D eigenvalue weighted by molar-refractivity contribution is 5.92. The van der Waals surface area contributed by atoms with Crippen LogP contribution in [-0.4, -0.2) is 44.1 Å². The van der Waals surface area contributed by atoms with Crippen LogP contribution in [0.2, 0.25) is 0 Å². The highest BCUT2D eigenvalue weighted by Crippen LogP contribution is 2.33. The van der Waals surface area contributed by atoms with Crippen LogP contribution in [0.15, 0.2) is 33.7 Å². The molecule has 0 bridgehead atoms. The van der Waals surface area contributed by atoms with Crippen molar-refractivity contribution in [3.05, 3.63) is 34.8 Å². The summed E-state index contributed by atoms with van der Waals surface area (Å²) in [6.45, 7) is 3.17. The summed E-state index contributed by atoms with van der Waals surface area (Å²) in [5.74, 6) is -0.0616. The number of nitrogens with one attached hydrogen (secondary N) is 1. The molecular formula is C20H25N5O4. The lowest BCUT2D eigenvalue weighted by molar-refractivity contribution is -0.158. The third-order valence-electron chi connectivity index (χ3n) is 5.86. The molecular weight excluding hydrogens is 374 g/mol. The molecule has 3 heterocycles. The monoisotopic (exact) mass is 399 g/mol. The Labute approximate surface area is 167 Å². The predicted octanol–water partition coefficient (Wildman–Crippen LogP) is 1.13. The number of nitrogen functional groups attached to an aromatic ring is 1. The van der Waals surface area contributed by atoms with Crippen LogP contribution >= 0.6 is 0 Å². The van der Waals surface area contributed by atoms with E-state index in [-0.39, 0.29) is 36.1 Å². The number of carbonyl (C=O) groups excluding carboxylic acids is 2. The van der Waals surface area contributed by atoms with Gasteiger partial charge in [-0.05, 0) is 44.9 Å². The van der Waals surface area contributed by atoms with Crippen molar-refractivity contribution in [3.63, 3.8) is 0 Å². The summed E-state index contributed by atoms with van der Waals surface area (Å²) in [7, 11) is 0. The third-order valence-corrected chi connectivity index (χ3v) is 5.86. The van der Waals surface area contributed by atoms with E-state index in [0.717, 1.165) is 30.4 Å². The second kappa shape index (κ2) is 7.06. The predicted molar refractivity (Wildman–Crippen MR) is 106 cm³/mol. The van der Waals surface area contributed by atoms with Gasteiger partial charge in [0.1, 0.15) is 23.5 Å². The summed E-state index contributed by atoms with van der Waals surface area (Å²) < 4.78 is 6.38. The molecule has 0 unspecified atom stereocenters. The zero-order chi connectivity index (χ0) is 20.8. The van der Waals surface area contributed by atoms with Crippen molar-refractivity contribution in [3.8, 4) is 11.5 Å². The molecule has 3 N–H and O–H groups in total. The van der Waals surface area contributed by atoms with Crippen LogP contribution in [0.5, 0.6) is 0 Å². The van der Waals surface area contributed by atoms with E-state index in [4.69, 9.17) is 10.2 Å². The summed E-state index contributed by atoms with van der Waals surface area (Å²) >= 11 is 0. The lowest BCUT2D eigenvalue weighted by atomic mass is 9.82. The Morgan fingerprint density at radius 2 is 2.10 bits per heavy atom. The minimum atomic E-state index is -1.01. The number of hydrogen-bond acceptors (Lipinski definition) is 6. The van der Waals surface area contributed by atoms with Gasteiger partial charge in [-0.25, -0.2) is 4.68 Å². The first-order valence-corrected chi connectivity index (χ1v) is 9.83. The molecule has 2 atom stereocenters. The second-order valence-electron chi connectivity index (χ2n) is 8.18. The maximum atomic E-state index is 13.3. The number of aromatic nitrogens is 2. The minimum absolute atomic E-state index is 0.0228. The number of fused-ring (bicyclic) bond motifs is 1. The zero-order valence-electron chi connectivity index (χ0n) is 16.6. The topological polar surface area (TPSA) is 123 Å². The smallest absolute Gasteiger partial charge is 0.290 e. The first-order valence-electron chi connectivity index (χ1n) is 9.83. The van der Waals surface area contributed by atoms with Gasteiger partial charge in [0.25, 0.3) is 5.56 Å². The summed E-state index contributed by atoms with van der Waals surface area (Å²) in [6, 6.07) is 4.68. The van der Waals surface area contributed by atoms with E-state index < -0.39 is 11.1 Å². The fraction of sp³-hybridized carbons (Fsp3) is 0.500. The molecule has 29 heavy (non-hydrogen) atoms. The van der Waals surface area contributed by atoms with Gasteiger partial charge in [-0.2, -0.15) is 5.10 Å². The highest BCUT2D eigenvalue weighted by Gasteiger charge is 2.49. The number of amides is 2. The molecule has 2 aromatic heterocycles. The normalized spacial score (nSPS) is 23.4. The van der Waals surface area contributed by atoms with Crippen molar-refractivity contribution in [2.75, 3.05) is 5.73 Å². The highest BCUT2D eigenvalue weighted by atomic mass is 16.3. The molecule has 0 aromatic carbocycles. The van der Waals surface area contributed by atoms with E-state index in [1.54, 1.807) is 30.9 Å². The van der Waals surface area contributed by atoms with Crippen molar-refractivity contribution in [2.24, 2.45) is 0 Å². The third kappa shape index (κ3) is 3.30. The van der Waals surface area contributed by atoms with E-state index >= 15 is 0 Å². The Morgan fingerprint density at radius 3 is 2.83 bits per heavy atom. The summed E-state index contributed by atoms with van der Waals surface area (Å²) in [5, 5.41) is 7.32. The molecule has 4 rings (SSSR count). The van der Waals surface area contributed by atoms with Crippen LogP contribution in [0.1, 0.15) is 39.5 Å². The van der Waals surface area contributed by atoms with Gasteiger partial charge >= 0.3 is 0 Å². The number of carbonyl (C=O) groups is 2. The zero-order valence-corrected chi connectivity index (χ0v) is 16.6. The van der Waals surface area contributed by atoms with Gasteiger partial charge in [0.15, 0.2) is 5.76 Å². The molecule has 2 aromatic rings. The Bertz CT molecular complexity index is 995. The van der Waals surface area contributed by atoms with E-state index in [0.29, 0.717) is 11.5 Å². The van der Waals surface area contributed by atoms with Crippen molar-refractivity contribution in [1.82, 2.24) is 20.0 Å². The van der Waals surface area contributed by atoms with Gasteiger partial charge in [0.05, 0.1) is 12.3 Å². The molecule has 9 nitrogen and oxygen atoms in total. The Kier molecular flexibility index (Phi) is 4.68. The van der Waals surface area contributed by atoms with E-state index in [9.17, 15) is 14.4 Å². The van der Waals surface area contributed by atoms with E-state index in [1.165, 1.54) is 12.3 Å². The molecule has 2 aliphatic rings. The van der Waals surface area contributed by atoms with Gasteiger partial charge in [0, 0.05) is 6.04 Å². The largest absolute Gasteiger partial charge is 0.463 e. The molecule has 154 valence electrons. The van der Waals surface area contributed by atoms with Crippen LogP contribution in [0, 0.1) is 0 Å². The molecule has 9 heteroatoms. The maximum Gasteiger partial charge on any atom is 0.290 e. The lowest BCUT2D eigenvalue weighted by Crippen LogP contribution is -2.72. The first kappa shape index (κ1) is 19.2. The second-order valence-corrected chi connectivity index (χ2v) is 8.18. The van der Waals surface area contributed by atoms with Crippen LogP contribution in [0.25, 0.3) is 11.5 Å². The van der Waals surface area contributed by atoms with E-state index in [1.807, 2.05) is 0 Å². The van der Waals surface area contributed by atoms with Crippen molar-refractivity contribution in [1.29, 1.82) is 0 Å². The first-order chi connectivity index (χ1) is 13.8. The van der Waals surface area contributed by atoms with Gasteiger partial charge in [-0.15, -0.1) is 0 Å². The SMILES string of the molecule is CC1(C)C(=O)N[C@H]2CCCC[C@H]2N1C(=O)Cn1nc(-c2ccco2)cc(N)c1=O. The van der Waals surface area contributed by atoms with Crippen LogP contribution in [0.3, 0.4) is 0 Å². The van der Waals surface area contributed by atoms with Crippen molar-refractivity contribution >= 4 is 17.5 Å². The van der Waals surface area contributed by atoms with Crippen LogP contribution in [-0.2, 0) is 16.1 Å². The lowest BCUT2D eigenvalue weighted by Gasteiger charge is -2.52. The number of nitrogens with two attached hydrogens (primary N) is 1. The standard InChI is InChI=1S/C20H25N5O4/c1-20(2)19(28)22-13-6-3-4-7-15(13)25(20)17(26)11-24-18(27)12(21)10-14(23-24)16-8-5-9-29-16/h5,8-10,13,15H,3-4,6-7,11,21H2,1-2H3,(H,22,28)/t13-,15+/m0/s1. The molecule has 1 saturated heterocycles. The number of rotatable bonds is 3. The molecule has 2 fully saturated rings.